The second-order valence-electron chi connectivity index (χ2n) is 1.56. The standard InChI is InChI=1S/C5H5FN2O/c6-1-5-4(3-9)2-7-8-5/h2-3H,1H2,(H,7,8). The van der Waals surface area contributed by atoms with Crippen LogP contribution < -0.4 is 0 Å². The topological polar surface area (TPSA) is 45.8 Å². The Morgan fingerprint density at radius 1 is 1.89 bits per heavy atom. The average Bonchev–Trinajstić information content (AvgIpc) is 2.33. The van der Waals surface area contributed by atoms with Crippen molar-refractivity contribution in [3.63, 3.8) is 0 Å². The Morgan fingerprint density at radius 2 is 2.67 bits per heavy atom. The third kappa shape index (κ3) is 0.960. The van der Waals surface area contributed by atoms with Crippen LogP contribution in [0.15, 0.2) is 6.20 Å². The molecule has 3 nitrogen and oxygen atoms in total. The van der Waals surface area contributed by atoms with Crippen LogP contribution >= 0.6 is 0 Å². The molecule has 0 aliphatic carbocycles. The van der Waals surface area contributed by atoms with Gasteiger partial charge in [-0.05, 0) is 0 Å². The number of nitrogens with one attached hydrogen (secondary N) is 1. The average molecular weight is 128 g/mol. The smallest absolute Gasteiger partial charge is 0.153 e. The van der Waals surface area contributed by atoms with Gasteiger partial charge in [0.15, 0.2) is 6.29 Å². The summed E-state index contributed by atoms with van der Waals surface area (Å²) in [7, 11) is 0. The molecular formula is C5H5FN2O. The van der Waals surface area contributed by atoms with Gasteiger partial charge >= 0.3 is 0 Å². The summed E-state index contributed by atoms with van der Waals surface area (Å²) >= 11 is 0. The van der Waals surface area contributed by atoms with Crippen LogP contribution in [-0.4, -0.2) is 16.5 Å². The van der Waals surface area contributed by atoms with Gasteiger partial charge in [-0.2, -0.15) is 5.10 Å². The molecule has 0 fully saturated rings. The Labute approximate surface area is 50.9 Å². The van der Waals surface area contributed by atoms with Crippen LogP contribution in [0.4, 0.5) is 4.39 Å². The van der Waals surface area contributed by atoms with Crippen molar-refractivity contribution < 1.29 is 9.18 Å². The number of rotatable bonds is 2. The highest BCUT2D eigenvalue weighted by Gasteiger charge is 2.00. The van der Waals surface area contributed by atoms with Crippen molar-refractivity contribution >= 4 is 6.29 Å². The molecule has 0 aliphatic rings. The monoisotopic (exact) mass is 128 g/mol. The lowest BCUT2D eigenvalue weighted by Gasteiger charge is -1.83. The molecule has 48 valence electrons. The molecule has 0 radical (unpaired) electrons. The number of aromatic nitrogens is 2. The molecule has 0 unspecified atom stereocenters. The van der Waals surface area contributed by atoms with Crippen molar-refractivity contribution in [1.29, 1.82) is 0 Å². The first kappa shape index (κ1) is 5.94. The first-order chi connectivity index (χ1) is 4.38. The van der Waals surface area contributed by atoms with Gasteiger partial charge in [-0.15, -0.1) is 0 Å². The molecule has 0 aliphatic heterocycles. The zero-order valence-corrected chi connectivity index (χ0v) is 4.60. The first-order valence-electron chi connectivity index (χ1n) is 2.42. The van der Waals surface area contributed by atoms with E-state index in [2.05, 4.69) is 10.2 Å². The summed E-state index contributed by atoms with van der Waals surface area (Å²) in [6.07, 6.45) is 1.86. The van der Waals surface area contributed by atoms with E-state index in [1.807, 2.05) is 0 Å². The van der Waals surface area contributed by atoms with Crippen molar-refractivity contribution in [1.82, 2.24) is 10.2 Å². The van der Waals surface area contributed by atoms with Crippen LogP contribution in [0.2, 0.25) is 0 Å². The molecule has 1 aromatic rings. The maximum absolute atomic E-state index is 11.8. The number of carbonyl (C=O) groups is 1. The highest BCUT2D eigenvalue weighted by Crippen LogP contribution is 2.01. The number of hydrogen-bond donors (Lipinski definition) is 1. The van der Waals surface area contributed by atoms with Crippen LogP contribution in [0.1, 0.15) is 16.1 Å². The summed E-state index contributed by atoms with van der Waals surface area (Å²) in [5.74, 6) is 0. The largest absolute Gasteiger partial charge is 0.298 e. The number of alkyl halides is 1. The molecule has 0 saturated heterocycles. The second kappa shape index (κ2) is 2.39. The normalized spacial score (nSPS) is 9.44. The molecule has 0 aromatic carbocycles. The number of hydrogen-bond acceptors (Lipinski definition) is 2. The van der Waals surface area contributed by atoms with E-state index in [4.69, 9.17) is 0 Å². The number of aldehydes is 1. The van der Waals surface area contributed by atoms with Gasteiger partial charge in [-0.1, -0.05) is 0 Å². The molecule has 1 N–H and O–H groups in total. The van der Waals surface area contributed by atoms with Gasteiger partial charge in [0.25, 0.3) is 0 Å². The summed E-state index contributed by atoms with van der Waals surface area (Å²) in [5.41, 5.74) is 0.530. The molecule has 0 amide bonds. The van der Waals surface area contributed by atoms with E-state index in [0.29, 0.717) is 6.29 Å². The highest BCUT2D eigenvalue weighted by atomic mass is 19.1. The number of aromatic amines is 1. The lowest BCUT2D eigenvalue weighted by Crippen LogP contribution is -1.84. The Hall–Kier alpha value is -1.19. The summed E-state index contributed by atoms with van der Waals surface area (Å²) in [5, 5.41) is 5.82. The SMILES string of the molecule is O=Cc1cn[nH]c1CF. The van der Waals surface area contributed by atoms with Crippen molar-refractivity contribution in [3.05, 3.63) is 17.5 Å². The maximum Gasteiger partial charge on any atom is 0.153 e. The van der Waals surface area contributed by atoms with E-state index >= 15 is 0 Å². The second-order valence-corrected chi connectivity index (χ2v) is 1.56. The maximum atomic E-state index is 11.8. The Balaban J connectivity index is 2.98. The third-order valence-corrected chi connectivity index (χ3v) is 1.01. The number of nitrogens with zero attached hydrogens (tertiary/aromatic N) is 1. The van der Waals surface area contributed by atoms with E-state index in [0.717, 1.165) is 0 Å². The summed E-state index contributed by atoms with van der Waals surface area (Å²) in [6.45, 7) is -0.673. The molecule has 4 heteroatoms. The lowest BCUT2D eigenvalue weighted by molar-refractivity contribution is 0.112. The minimum atomic E-state index is -0.673. The minimum Gasteiger partial charge on any atom is -0.298 e. The Morgan fingerprint density at radius 3 is 3.11 bits per heavy atom. The molecule has 0 atom stereocenters. The number of carbonyl (C=O) groups excluding carboxylic acids is 1. The zero-order chi connectivity index (χ0) is 6.69. The first-order valence-corrected chi connectivity index (χ1v) is 2.42. The van der Waals surface area contributed by atoms with Crippen LogP contribution in [0.5, 0.6) is 0 Å². The van der Waals surface area contributed by atoms with Gasteiger partial charge in [-0.25, -0.2) is 4.39 Å². The van der Waals surface area contributed by atoms with Crippen molar-refractivity contribution in [2.45, 2.75) is 6.67 Å². The van der Waals surface area contributed by atoms with E-state index in [-0.39, 0.29) is 11.3 Å². The van der Waals surface area contributed by atoms with Gasteiger partial charge in [0.2, 0.25) is 0 Å². The quantitative estimate of drug-likeness (QED) is 0.595. The molecule has 0 spiro atoms. The Bertz CT molecular complexity index is 208. The molecule has 0 saturated carbocycles. The van der Waals surface area contributed by atoms with Crippen molar-refractivity contribution in [2.75, 3.05) is 0 Å². The number of halogens is 1. The number of H-pyrrole nitrogens is 1. The van der Waals surface area contributed by atoms with Crippen LogP contribution in [0.25, 0.3) is 0 Å². The zero-order valence-electron chi connectivity index (χ0n) is 4.60. The summed E-state index contributed by atoms with van der Waals surface area (Å²) in [4.78, 5) is 10.0. The van der Waals surface area contributed by atoms with Gasteiger partial charge in [0, 0.05) is 0 Å². The van der Waals surface area contributed by atoms with Gasteiger partial charge in [0.1, 0.15) is 6.67 Å². The molecule has 1 heterocycles. The van der Waals surface area contributed by atoms with E-state index < -0.39 is 6.67 Å². The summed E-state index contributed by atoms with van der Waals surface area (Å²) < 4.78 is 11.8. The predicted molar refractivity (Wildman–Crippen MR) is 28.8 cm³/mol. The van der Waals surface area contributed by atoms with Crippen LogP contribution in [-0.2, 0) is 6.67 Å². The van der Waals surface area contributed by atoms with Crippen LogP contribution in [0, 0.1) is 0 Å². The predicted octanol–water partition coefficient (Wildman–Crippen LogP) is 0.692. The third-order valence-electron chi connectivity index (χ3n) is 1.01. The van der Waals surface area contributed by atoms with E-state index in [9.17, 15) is 9.18 Å². The lowest BCUT2D eigenvalue weighted by atomic mass is 10.3. The fourth-order valence-electron chi connectivity index (χ4n) is 0.531. The van der Waals surface area contributed by atoms with Crippen LogP contribution in [0.3, 0.4) is 0 Å². The fraction of sp³-hybridized carbons (Fsp3) is 0.200. The van der Waals surface area contributed by atoms with Gasteiger partial charge < -0.3 is 0 Å². The summed E-state index contributed by atoms with van der Waals surface area (Å²) in [6, 6.07) is 0. The minimum absolute atomic E-state index is 0.241. The van der Waals surface area contributed by atoms with E-state index in [1.54, 1.807) is 0 Å². The molecular weight excluding hydrogens is 123 g/mol. The van der Waals surface area contributed by atoms with Gasteiger partial charge in [0.05, 0.1) is 17.5 Å². The highest BCUT2D eigenvalue weighted by molar-refractivity contribution is 5.75. The molecule has 1 rings (SSSR count). The fourth-order valence-corrected chi connectivity index (χ4v) is 0.531. The van der Waals surface area contributed by atoms with E-state index in [1.165, 1.54) is 6.20 Å². The molecule has 9 heavy (non-hydrogen) atoms. The van der Waals surface area contributed by atoms with Crippen molar-refractivity contribution in [2.24, 2.45) is 0 Å². The van der Waals surface area contributed by atoms with Gasteiger partial charge in [-0.3, -0.25) is 9.89 Å². The Kier molecular flexibility index (Phi) is 1.58. The van der Waals surface area contributed by atoms with Crippen molar-refractivity contribution in [3.8, 4) is 0 Å². The molecule has 1 aromatic heterocycles. The molecule has 0 bridgehead atoms.